The first kappa shape index (κ1) is 15.6. The molecule has 1 aromatic heterocycles. The monoisotopic (exact) mass is 318 g/mol. The summed E-state index contributed by atoms with van der Waals surface area (Å²) in [4.78, 5) is 30.5. The lowest BCUT2D eigenvalue weighted by atomic mass is 10.1. The van der Waals surface area contributed by atoms with Crippen LogP contribution < -0.4 is 20.7 Å². The molecule has 7 heteroatoms. The number of ether oxygens (including phenoxy) is 1. The van der Waals surface area contributed by atoms with Crippen LogP contribution in [0.3, 0.4) is 0 Å². The molecule has 1 fully saturated rings. The predicted octanol–water partition coefficient (Wildman–Crippen LogP) is 1.23. The zero-order valence-corrected chi connectivity index (χ0v) is 13.5. The van der Waals surface area contributed by atoms with E-state index in [1.54, 1.807) is 26.0 Å². The molecule has 1 aliphatic heterocycles. The Labute approximate surface area is 135 Å². The number of amides is 2. The molecule has 0 aromatic carbocycles. The van der Waals surface area contributed by atoms with E-state index in [0.717, 1.165) is 25.7 Å². The van der Waals surface area contributed by atoms with Crippen molar-refractivity contribution in [3.05, 3.63) is 12.1 Å². The fourth-order valence-electron chi connectivity index (χ4n) is 3.10. The van der Waals surface area contributed by atoms with Crippen LogP contribution in [0.1, 0.15) is 39.5 Å². The summed E-state index contributed by atoms with van der Waals surface area (Å²) in [6.45, 7) is 3.28. The predicted molar refractivity (Wildman–Crippen MR) is 86.1 cm³/mol. The third-order valence-electron chi connectivity index (χ3n) is 4.26. The Kier molecular flexibility index (Phi) is 3.87. The van der Waals surface area contributed by atoms with E-state index in [2.05, 4.69) is 10.3 Å². The maximum Gasteiger partial charge on any atom is 0.272 e. The van der Waals surface area contributed by atoms with Gasteiger partial charge in [0.1, 0.15) is 12.4 Å². The van der Waals surface area contributed by atoms with E-state index in [0.29, 0.717) is 11.6 Å². The van der Waals surface area contributed by atoms with Crippen molar-refractivity contribution in [1.82, 2.24) is 10.3 Å². The van der Waals surface area contributed by atoms with Crippen molar-refractivity contribution >= 4 is 23.5 Å². The van der Waals surface area contributed by atoms with Crippen LogP contribution in [-0.4, -0.2) is 35.0 Å². The molecule has 0 saturated heterocycles. The molecule has 124 valence electrons. The van der Waals surface area contributed by atoms with Gasteiger partial charge >= 0.3 is 0 Å². The first-order chi connectivity index (χ1) is 10.9. The van der Waals surface area contributed by atoms with Crippen LogP contribution in [0.25, 0.3) is 0 Å². The van der Waals surface area contributed by atoms with Gasteiger partial charge in [0.15, 0.2) is 17.2 Å². The van der Waals surface area contributed by atoms with Crippen LogP contribution >= 0.6 is 0 Å². The third-order valence-corrected chi connectivity index (χ3v) is 4.26. The molecule has 1 saturated carbocycles. The lowest BCUT2D eigenvalue weighted by Gasteiger charge is -2.37. The highest BCUT2D eigenvalue weighted by Gasteiger charge is 2.42. The number of aromatic nitrogens is 1. The molecule has 0 spiro atoms. The molecule has 23 heavy (non-hydrogen) atoms. The van der Waals surface area contributed by atoms with Gasteiger partial charge in [0, 0.05) is 6.04 Å². The van der Waals surface area contributed by atoms with E-state index < -0.39 is 5.60 Å². The minimum absolute atomic E-state index is 0.0778. The van der Waals surface area contributed by atoms with Crippen molar-refractivity contribution in [3.8, 4) is 5.75 Å². The standard InChI is InChI=1S/C16H22N4O3/c1-16(2)15(22)20(9-13(21)18-10-5-3-4-6-10)14-11(23-16)7-8-12(17)19-14/h7-8,10H,3-6,9H2,1-2H3,(H2,17,19)(H,18,21). The quantitative estimate of drug-likeness (QED) is 0.873. The van der Waals surface area contributed by atoms with Crippen LogP contribution in [0.15, 0.2) is 12.1 Å². The van der Waals surface area contributed by atoms with Crippen LogP contribution in [0.5, 0.6) is 5.75 Å². The number of fused-ring (bicyclic) bond motifs is 1. The second-order valence-corrected chi connectivity index (χ2v) is 6.61. The maximum atomic E-state index is 12.6. The third kappa shape index (κ3) is 3.09. The summed E-state index contributed by atoms with van der Waals surface area (Å²) in [7, 11) is 0. The second-order valence-electron chi connectivity index (χ2n) is 6.61. The highest BCUT2D eigenvalue weighted by molar-refractivity contribution is 6.05. The minimum atomic E-state index is -1.04. The van der Waals surface area contributed by atoms with Gasteiger partial charge in [-0.15, -0.1) is 0 Å². The van der Waals surface area contributed by atoms with Crippen molar-refractivity contribution in [1.29, 1.82) is 0 Å². The van der Waals surface area contributed by atoms with Gasteiger partial charge in [-0.25, -0.2) is 4.98 Å². The molecule has 0 radical (unpaired) electrons. The molecule has 2 heterocycles. The molecule has 7 nitrogen and oxygen atoms in total. The zero-order valence-electron chi connectivity index (χ0n) is 13.5. The summed E-state index contributed by atoms with van der Waals surface area (Å²) < 4.78 is 5.69. The fraction of sp³-hybridized carbons (Fsp3) is 0.562. The number of carbonyl (C=O) groups excluding carboxylic acids is 2. The van der Waals surface area contributed by atoms with Crippen molar-refractivity contribution < 1.29 is 14.3 Å². The Hall–Kier alpha value is -2.31. The highest BCUT2D eigenvalue weighted by atomic mass is 16.5. The van der Waals surface area contributed by atoms with Gasteiger partial charge in [0.2, 0.25) is 5.91 Å². The Morgan fingerprint density at radius 3 is 2.83 bits per heavy atom. The largest absolute Gasteiger partial charge is 0.474 e. The van der Waals surface area contributed by atoms with Crippen molar-refractivity contribution in [2.24, 2.45) is 0 Å². The smallest absolute Gasteiger partial charge is 0.272 e. The average Bonchev–Trinajstić information content (AvgIpc) is 2.97. The number of nitrogens with one attached hydrogen (secondary N) is 1. The number of nitrogens with zero attached hydrogens (tertiary/aromatic N) is 2. The van der Waals surface area contributed by atoms with E-state index in [1.165, 1.54) is 4.90 Å². The number of nitrogen functional groups attached to an aromatic ring is 1. The molecule has 0 atom stereocenters. The van der Waals surface area contributed by atoms with Gasteiger partial charge in [0.05, 0.1) is 0 Å². The Bertz CT molecular complexity index is 638. The van der Waals surface area contributed by atoms with Crippen LogP contribution in [-0.2, 0) is 9.59 Å². The number of rotatable bonds is 3. The van der Waals surface area contributed by atoms with Crippen molar-refractivity contribution in [2.75, 3.05) is 17.2 Å². The second kappa shape index (κ2) is 5.72. The molecule has 0 unspecified atom stereocenters. The number of carbonyl (C=O) groups is 2. The average molecular weight is 318 g/mol. The molecule has 1 aromatic rings. The zero-order chi connectivity index (χ0) is 16.6. The molecule has 3 rings (SSSR count). The van der Waals surface area contributed by atoms with E-state index in [1.807, 2.05) is 0 Å². The van der Waals surface area contributed by atoms with E-state index in [4.69, 9.17) is 10.5 Å². The van der Waals surface area contributed by atoms with Crippen LogP contribution in [0, 0.1) is 0 Å². The topological polar surface area (TPSA) is 97.6 Å². The van der Waals surface area contributed by atoms with Crippen molar-refractivity contribution in [3.63, 3.8) is 0 Å². The molecule has 2 aliphatic rings. The van der Waals surface area contributed by atoms with Gasteiger partial charge in [-0.2, -0.15) is 0 Å². The summed E-state index contributed by atoms with van der Waals surface area (Å²) in [5.41, 5.74) is 4.67. The Morgan fingerprint density at radius 1 is 1.43 bits per heavy atom. The van der Waals surface area contributed by atoms with Gasteiger partial charge in [-0.3, -0.25) is 14.5 Å². The van der Waals surface area contributed by atoms with Gasteiger partial charge in [0.25, 0.3) is 5.91 Å². The summed E-state index contributed by atoms with van der Waals surface area (Å²) in [6, 6.07) is 3.50. The maximum absolute atomic E-state index is 12.6. The van der Waals surface area contributed by atoms with E-state index in [-0.39, 0.29) is 30.2 Å². The lowest BCUT2D eigenvalue weighted by molar-refractivity contribution is -0.134. The van der Waals surface area contributed by atoms with Gasteiger partial charge in [-0.05, 0) is 38.8 Å². The Balaban J connectivity index is 1.82. The van der Waals surface area contributed by atoms with Crippen molar-refractivity contribution in [2.45, 2.75) is 51.2 Å². The number of pyridine rings is 1. The molecule has 0 bridgehead atoms. The number of hydrogen-bond donors (Lipinski definition) is 2. The first-order valence-corrected chi connectivity index (χ1v) is 7.94. The highest BCUT2D eigenvalue weighted by Crippen LogP contribution is 2.36. The summed E-state index contributed by atoms with van der Waals surface area (Å²) in [5, 5.41) is 2.99. The number of anilines is 2. The van der Waals surface area contributed by atoms with Gasteiger partial charge in [-0.1, -0.05) is 12.8 Å². The summed E-state index contributed by atoms with van der Waals surface area (Å²) >= 11 is 0. The van der Waals surface area contributed by atoms with Crippen LogP contribution in [0.2, 0.25) is 0 Å². The minimum Gasteiger partial charge on any atom is -0.474 e. The molecule has 2 amide bonds. The molecule has 3 N–H and O–H groups in total. The number of nitrogens with two attached hydrogens (primary N) is 1. The van der Waals surface area contributed by atoms with Gasteiger partial charge < -0.3 is 15.8 Å². The summed E-state index contributed by atoms with van der Waals surface area (Å²) in [6.07, 6.45) is 4.26. The van der Waals surface area contributed by atoms with Crippen LogP contribution in [0.4, 0.5) is 11.6 Å². The first-order valence-electron chi connectivity index (χ1n) is 7.94. The molecular weight excluding hydrogens is 296 g/mol. The van der Waals surface area contributed by atoms with E-state index >= 15 is 0 Å². The molecule has 1 aliphatic carbocycles. The van der Waals surface area contributed by atoms with E-state index in [9.17, 15) is 9.59 Å². The summed E-state index contributed by atoms with van der Waals surface area (Å²) in [5.74, 6) is 0.553. The Morgan fingerprint density at radius 2 is 2.13 bits per heavy atom. The lowest BCUT2D eigenvalue weighted by Crippen LogP contribution is -2.55. The number of hydrogen-bond acceptors (Lipinski definition) is 5. The SMILES string of the molecule is CC1(C)Oc2ccc(N)nc2N(CC(=O)NC2CCCC2)C1=O. The normalized spacial score (nSPS) is 20.1. The fourth-order valence-corrected chi connectivity index (χ4v) is 3.10. The molecular formula is C16H22N4O3.